The van der Waals surface area contributed by atoms with E-state index in [-0.39, 0.29) is 18.9 Å². The van der Waals surface area contributed by atoms with Crippen molar-refractivity contribution in [2.75, 3.05) is 37.7 Å². The number of ether oxygens (including phenoxy) is 2. The van der Waals surface area contributed by atoms with E-state index in [0.717, 1.165) is 47.4 Å². The predicted molar refractivity (Wildman–Crippen MR) is 133 cm³/mol. The van der Waals surface area contributed by atoms with Gasteiger partial charge in [0.2, 0.25) is 0 Å². The maximum Gasteiger partial charge on any atom is 0.414 e. The fourth-order valence-corrected chi connectivity index (χ4v) is 4.61. The number of fused-ring (bicyclic) bond motifs is 2. The predicted octanol–water partition coefficient (Wildman–Crippen LogP) is 3.65. The molecule has 2 aromatic rings. The van der Waals surface area contributed by atoms with Crippen LogP contribution in [0.25, 0.3) is 0 Å². The van der Waals surface area contributed by atoms with Crippen molar-refractivity contribution in [1.82, 2.24) is 5.32 Å². The zero-order valence-electron chi connectivity index (χ0n) is 19.3. The van der Waals surface area contributed by atoms with Crippen molar-refractivity contribution in [3.05, 3.63) is 57.6 Å². The number of aliphatic carboxylic acids is 2. The number of benzene rings is 2. The summed E-state index contributed by atoms with van der Waals surface area (Å²) in [6.45, 7) is 3.23. The van der Waals surface area contributed by atoms with Gasteiger partial charge in [-0.1, -0.05) is 30.3 Å². The molecular formula is C25H29BrN2O7. The van der Waals surface area contributed by atoms with E-state index in [0.29, 0.717) is 26.2 Å². The Kier molecular flexibility index (Phi) is 9.92. The standard InChI is InChI=1S/C21H23BrN2O3.C4H6O4/c22-19-17-7-10-23-9-6-16(17)14-18-20(19)26-13-11-24(18)21(25)27-12-8-15-4-2-1-3-5-15;5-3(6)1-2-4(7)8/h1-5,14,23H,6-13H2;1-2H2,(H,5,6)(H,7,8). The second-order valence-corrected chi connectivity index (χ2v) is 8.86. The number of carboxylic acid groups (broad SMARTS) is 2. The highest BCUT2D eigenvalue weighted by atomic mass is 79.9. The Morgan fingerprint density at radius 3 is 2.43 bits per heavy atom. The van der Waals surface area contributed by atoms with Crippen molar-refractivity contribution in [3.63, 3.8) is 0 Å². The topological polar surface area (TPSA) is 125 Å². The molecule has 4 rings (SSSR count). The van der Waals surface area contributed by atoms with Crippen LogP contribution in [-0.2, 0) is 33.6 Å². The molecule has 0 aromatic heterocycles. The van der Waals surface area contributed by atoms with E-state index in [4.69, 9.17) is 19.7 Å². The highest BCUT2D eigenvalue weighted by Gasteiger charge is 2.29. The molecule has 2 heterocycles. The van der Waals surface area contributed by atoms with E-state index in [9.17, 15) is 14.4 Å². The summed E-state index contributed by atoms with van der Waals surface area (Å²) in [6, 6.07) is 12.1. The summed E-state index contributed by atoms with van der Waals surface area (Å²) in [7, 11) is 0. The normalized spacial score (nSPS) is 14.3. The second-order valence-electron chi connectivity index (χ2n) is 8.06. The minimum Gasteiger partial charge on any atom is -0.488 e. The zero-order valence-corrected chi connectivity index (χ0v) is 20.9. The number of halogens is 1. The smallest absolute Gasteiger partial charge is 0.414 e. The molecule has 1 amide bonds. The first kappa shape index (κ1) is 26.5. The number of hydrogen-bond donors (Lipinski definition) is 3. The van der Waals surface area contributed by atoms with Gasteiger partial charge in [-0.15, -0.1) is 0 Å². The van der Waals surface area contributed by atoms with Crippen LogP contribution in [0.3, 0.4) is 0 Å². The van der Waals surface area contributed by atoms with Gasteiger partial charge in [-0.2, -0.15) is 0 Å². The summed E-state index contributed by atoms with van der Waals surface area (Å²) < 4.78 is 12.4. The van der Waals surface area contributed by atoms with Gasteiger partial charge in [-0.05, 0) is 64.6 Å². The molecule has 35 heavy (non-hydrogen) atoms. The van der Waals surface area contributed by atoms with Gasteiger partial charge in [0.05, 0.1) is 36.2 Å². The third-order valence-electron chi connectivity index (χ3n) is 5.60. The molecule has 2 aliphatic rings. The molecule has 0 saturated heterocycles. The first-order chi connectivity index (χ1) is 16.9. The molecule has 0 atom stereocenters. The van der Waals surface area contributed by atoms with Gasteiger partial charge in [0.15, 0.2) is 5.75 Å². The van der Waals surface area contributed by atoms with Crippen molar-refractivity contribution >= 4 is 39.6 Å². The Bertz CT molecular complexity index is 1030. The van der Waals surface area contributed by atoms with Gasteiger partial charge >= 0.3 is 18.0 Å². The molecule has 10 heteroatoms. The lowest BCUT2D eigenvalue weighted by Crippen LogP contribution is -2.39. The molecule has 0 fully saturated rings. The molecule has 0 aliphatic carbocycles. The van der Waals surface area contributed by atoms with Crippen LogP contribution in [0.1, 0.15) is 29.5 Å². The Hall–Kier alpha value is -3.11. The number of carboxylic acids is 2. The fourth-order valence-electron chi connectivity index (χ4n) is 3.84. The van der Waals surface area contributed by atoms with E-state index >= 15 is 0 Å². The zero-order chi connectivity index (χ0) is 25.2. The number of nitrogens with zero attached hydrogens (tertiary/aromatic N) is 1. The van der Waals surface area contributed by atoms with Crippen LogP contribution in [0, 0.1) is 0 Å². The van der Waals surface area contributed by atoms with Crippen LogP contribution < -0.4 is 15.0 Å². The molecule has 3 N–H and O–H groups in total. The van der Waals surface area contributed by atoms with Gasteiger partial charge in [0, 0.05) is 6.42 Å². The summed E-state index contributed by atoms with van der Waals surface area (Å²) in [6.07, 6.45) is 1.70. The van der Waals surface area contributed by atoms with Gasteiger partial charge in [-0.25, -0.2) is 4.79 Å². The maximum atomic E-state index is 12.7. The average molecular weight is 549 g/mol. The number of nitrogens with one attached hydrogen (secondary N) is 1. The fraction of sp³-hybridized carbons (Fsp3) is 0.400. The summed E-state index contributed by atoms with van der Waals surface area (Å²) in [5, 5.41) is 19.2. The van der Waals surface area contributed by atoms with Crippen LogP contribution in [0.5, 0.6) is 5.75 Å². The Morgan fingerprint density at radius 1 is 1.06 bits per heavy atom. The first-order valence-corrected chi connectivity index (χ1v) is 12.3. The van der Waals surface area contributed by atoms with Gasteiger partial charge in [-0.3, -0.25) is 14.5 Å². The van der Waals surface area contributed by atoms with E-state index in [2.05, 4.69) is 27.3 Å². The Labute approximate surface area is 212 Å². The molecule has 9 nitrogen and oxygen atoms in total. The van der Waals surface area contributed by atoms with E-state index in [1.807, 2.05) is 30.3 Å². The van der Waals surface area contributed by atoms with E-state index < -0.39 is 11.9 Å². The van der Waals surface area contributed by atoms with Crippen molar-refractivity contribution in [2.45, 2.75) is 32.1 Å². The van der Waals surface area contributed by atoms with Crippen molar-refractivity contribution in [3.8, 4) is 5.75 Å². The minimum atomic E-state index is -1.08. The molecule has 0 saturated carbocycles. The maximum absolute atomic E-state index is 12.7. The summed E-state index contributed by atoms with van der Waals surface area (Å²) in [5.41, 5.74) is 4.50. The lowest BCUT2D eigenvalue weighted by Gasteiger charge is -2.31. The van der Waals surface area contributed by atoms with Crippen LogP contribution in [0.15, 0.2) is 40.9 Å². The lowest BCUT2D eigenvalue weighted by atomic mass is 10.0. The quantitative estimate of drug-likeness (QED) is 0.499. The molecule has 188 valence electrons. The minimum absolute atomic E-state index is 0.296. The number of carbonyl (C=O) groups excluding carboxylic acids is 1. The van der Waals surface area contributed by atoms with Crippen molar-refractivity contribution < 1.29 is 34.1 Å². The Balaban J connectivity index is 0.000000371. The summed E-state index contributed by atoms with van der Waals surface area (Å²) in [4.78, 5) is 33.7. The largest absolute Gasteiger partial charge is 0.488 e. The molecule has 0 spiro atoms. The molecule has 0 unspecified atom stereocenters. The van der Waals surface area contributed by atoms with Gasteiger partial charge in [0.25, 0.3) is 0 Å². The highest BCUT2D eigenvalue weighted by molar-refractivity contribution is 9.10. The highest BCUT2D eigenvalue weighted by Crippen LogP contribution is 2.43. The monoisotopic (exact) mass is 548 g/mol. The van der Waals surface area contributed by atoms with Crippen LogP contribution >= 0.6 is 15.9 Å². The van der Waals surface area contributed by atoms with Crippen molar-refractivity contribution in [2.24, 2.45) is 0 Å². The number of amides is 1. The number of hydrogen-bond acceptors (Lipinski definition) is 6. The lowest BCUT2D eigenvalue weighted by molar-refractivity contribution is -0.143. The number of anilines is 1. The molecular weight excluding hydrogens is 520 g/mol. The second kappa shape index (κ2) is 13.1. The molecule has 0 radical (unpaired) electrons. The number of rotatable bonds is 6. The van der Waals surface area contributed by atoms with Crippen molar-refractivity contribution in [1.29, 1.82) is 0 Å². The molecule has 0 bridgehead atoms. The third-order valence-corrected chi connectivity index (χ3v) is 6.44. The van der Waals surface area contributed by atoms with Gasteiger partial charge in [0.1, 0.15) is 6.61 Å². The molecule has 2 aliphatic heterocycles. The van der Waals surface area contributed by atoms with Crippen LogP contribution in [0.4, 0.5) is 10.5 Å². The third kappa shape index (κ3) is 7.69. The average Bonchev–Trinajstić information content (AvgIpc) is 3.09. The summed E-state index contributed by atoms with van der Waals surface area (Å²) in [5.74, 6) is -1.40. The first-order valence-electron chi connectivity index (χ1n) is 11.5. The molecule has 2 aromatic carbocycles. The van der Waals surface area contributed by atoms with Crippen LogP contribution in [0.2, 0.25) is 0 Å². The Morgan fingerprint density at radius 2 is 1.74 bits per heavy atom. The van der Waals surface area contributed by atoms with E-state index in [1.54, 1.807) is 4.90 Å². The SMILES string of the molecule is O=C(O)CCC(=O)O.O=C(OCCc1ccccc1)N1CCOc2c1cc1c(c2Br)CCNCC1. The summed E-state index contributed by atoms with van der Waals surface area (Å²) >= 11 is 3.72. The number of carbonyl (C=O) groups is 3. The van der Waals surface area contributed by atoms with Crippen LogP contribution in [-0.4, -0.2) is 61.1 Å². The van der Waals surface area contributed by atoms with E-state index in [1.165, 1.54) is 11.1 Å². The van der Waals surface area contributed by atoms with Gasteiger partial charge < -0.3 is 25.0 Å².